The van der Waals surface area contributed by atoms with Gasteiger partial charge in [-0.3, -0.25) is 9.69 Å². The largest absolute Gasteiger partial charge is 0.508 e. The number of para-hydroxylation sites is 1. The van der Waals surface area contributed by atoms with Gasteiger partial charge in [-0.1, -0.05) is 18.2 Å². The molecular formula is C19H27NO4. The van der Waals surface area contributed by atoms with Crippen molar-refractivity contribution in [1.82, 2.24) is 4.90 Å². The van der Waals surface area contributed by atoms with E-state index in [0.29, 0.717) is 6.42 Å². The summed E-state index contributed by atoms with van der Waals surface area (Å²) in [5, 5.41) is 20.2. The fourth-order valence-corrected chi connectivity index (χ4v) is 4.32. The smallest absolute Gasteiger partial charge is 0.327 e. The number of aliphatic hydroxyl groups excluding tert-OH is 1. The second kappa shape index (κ2) is 6.05. The minimum Gasteiger partial charge on any atom is -0.508 e. The number of benzene rings is 1. The quantitative estimate of drug-likeness (QED) is 0.832. The number of hydrogen-bond acceptors (Lipinski definition) is 5. The Labute approximate surface area is 143 Å². The summed E-state index contributed by atoms with van der Waals surface area (Å²) in [6.07, 6.45) is 2.22. The number of fused-ring (bicyclic) bond motifs is 1. The van der Waals surface area contributed by atoms with Crippen LogP contribution in [0.15, 0.2) is 24.3 Å². The highest BCUT2D eigenvalue weighted by atomic mass is 16.6. The Morgan fingerprint density at radius 2 is 2.08 bits per heavy atom. The second-order valence-electron chi connectivity index (χ2n) is 7.98. The zero-order chi connectivity index (χ0) is 17.5. The van der Waals surface area contributed by atoms with Crippen LogP contribution in [0.3, 0.4) is 0 Å². The third kappa shape index (κ3) is 2.80. The van der Waals surface area contributed by atoms with Crippen LogP contribution in [0.2, 0.25) is 0 Å². The number of aliphatic hydroxyl groups is 1. The van der Waals surface area contributed by atoms with Crippen molar-refractivity contribution in [3.8, 4) is 5.75 Å². The van der Waals surface area contributed by atoms with Gasteiger partial charge in [-0.05, 0) is 52.6 Å². The molecule has 24 heavy (non-hydrogen) atoms. The number of hydrogen-bond donors (Lipinski definition) is 2. The van der Waals surface area contributed by atoms with E-state index >= 15 is 0 Å². The summed E-state index contributed by atoms with van der Waals surface area (Å²) in [5.41, 5.74) is -0.445. The van der Waals surface area contributed by atoms with E-state index in [1.807, 2.05) is 32.9 Å². The maximum Gasteiger partial charge on any atom is 0.327 e. The van der Waals surface area contributed by atoms with Crippen LogP contribution >= 0.6 is 0 Å². The second-order valence-corrected chi connectivity index (χ2v) is 7.98. The average Bonchev–Trinajstić information content (AvgIpc) is 3.03. The molecule has 2 heterocycles. The lowest BCUT2D eigenvalue weighted by molar-refractivity contribution is -0.167. The first-order valence-electron chi connectivity index (χ1n) is 8.67. The molecule has 0 bridgehead atoms. The predicted molar refractivity (Wildman–Crippen MR) is 90.6 cm³/mol. The zero-order valence-corrected chi connectivity index (χ0v) is 14.7. The molecule has 1 aromatic rings. The predicted octanol–water partition coefficient (Wildman–Crippen LogP) is 2.62. The first kappa shape index (κ1) is 17.2. The molecule has 0 aliphatic carbocycles. The van der Waals surface area contributed by atoms with Crippen LogP contribution in [0.1, 0.15) is 51.6 Å². The van der Waals surface area contributed by atoms with Gasteiger partial charge in [0, 0.05) is 24.1 Å². The van der Waals surface area contributed by atoms with Gasteiger partial charge >= 0.3 is 5.97 Å². The van der Waals surface area contributed by atoms with Gasteiger partial charge in [0.1, 0.15) is 16.9 Å². The van der Waals surface area contributed by atoms with Crippen molar-refractivity contribution in [2.75, 3.05) is 13.2 Å². The van der Waals surface area contributed by atoms with Crippen LogP contribution in [-0.4, -0.2) is 45.4 Å². The Balaban J connectivity index is 1.98. The SMILES string of the molecule is CC(C)(C)OC(=O)[C@@]12CCCN1[C@H](c1ccccc1O)[C@H](CO)C2. The van der Waals surface area contributed by atoms with E-state index in [1.165, 1.54) is 0 Å². The van der Waals surface area contributed by atoms with E-state index in [2.05, 4.69) is 4.90 Å². The molecule has 132 valence electrons. The molecule has 2 saturated heterocycles. The monoisotopic (exact) mass is 333 g/mol. The van der Waals surface area contributed by atoms with Gasteiger partial charge in [0.25, 0.3) is 0 Å². The van der Waals surface area contributed by atoms with Crippen molar-refractivity contribution in [1.29, 1.82) is 0 Å². The number of rotatable bonds is 3. The number of ether oxygens (including phenoxy) is 1. The van der Waals surface area contributed by atoms with Crippen LogP contribution in [0.5, 0.6) is 5.75 Å². The lowest BCUT2D eigenvalue weighted by Gasteiger charge is -2.35. The maximum absolute atomic E-state index is 13.0. The molecule has 3 atom stereocenters. The van der Waals surface area contributed by atoms with E-state index in [-0.39, 0.29) is 30.3 Å². The van der Waals surface area contributed by atoms with Gasteiger partial charge in [-0.25, -0.2) is 0 Å². The normalized spacial score (nSPS) is 30.3. The first-order valence-corrected chi connectivity index (χ1v) is 8.67. The number of carbonyl (C=O) groups is 1. The molecule has 0 saturated carbocycles. The molecule has 0 spiro atoms. The first-order chi connectivity index (χ1) is 11.3. The van der Waals surface area contributed by atoms with E-state index in [0.717, 1.165) is 24.9 Å². The Morgan fingerprint density at radius 1 is 1.38 bits per heavy atom. The Kier molecular flexibility index (Phi) is 4.34. The Bertz CT molecular complexity index is 624. The average molecular weight is 333 g/mol. The molecule has 1 aromatic carbocycles. The molecule has 2 fully saturated rings. The third-order valence-electron chi connectivity index (χ3n) is 5.19. The molecule has 3 rings (SSSR count). The highest BCUT2D eigenvalue weighted by Gasteiger charge is 2.60. The summed E-state index contributed by atoms with van der Waals surface area (Å²) in [6.45, 7) is 6.38. The minimum absolute atomic E-state index is 0.0138. The standard InChI is InChI=1S/C19H27NO4/c1-18(2,3)24-17(23)19-9-6-10-20(19)16(13(11-19)12-21)14-7-4-5-8-15(14)22/h4-5,7-8,13,16,21-22H,6,9-12H2,1-3H3/t13-,16-,19-/m0/s1. The highest BCUT2D eigenvalue weighted by molar-refractivity contribution is 5.82. The number of esters is 1. The zero-order valence-electron chi connectivity index (χ0n) is 14.7. The summed E-state index contributed by atoms with van der Waals surface area (Å²) in [6, 6.07) is 7.05. The van der Waals surface area contributed by atoms with Crippen LogP contribution in [0, 0.1) is 5.92 Å². The summed E-state index contributed by atoms with van der Waals surface area (Å²) >= 11 is 0. The van der Waals surface area contributed by atoms with Gasteiger partial charge in [0.15, 0.2) is 0 Å². The molecule has 0 radical (unpaired) electrons. The molecule has 5 heteroatoms. The molecule has 5 nitrogen and oxygen atoms in total. The van der Waals surface area contributed by atoms with E-state index in [9.17, 15) is 15.0 Å². The van der Waals surface area contributed by atoms with E-state index in [1.54, 1.807) is 12.1 Å². The molecule has 0 unspecified atom stereocenters. The summed E-state index contributed by atoms with van der Waals surface area (Å²) in [5.74, 6) is -0.0807. The molecule has 0 amide bonds. The van der Waals surface area contributed by atoms with Crippen molar-refractivity contribution in [3.05, 3.63) is 29.8 Å². The third-order valence-corrected chi connectivity index (χ3v) is 5.19. The Morgan fingerprint density at radius 3 is 2.71 bits per heavy atom. The molecule has 0 aromatic heterocycles. The van der Waals surface area contributed by atoms with E-state index in [4.69, 9.17) is 4.74 Å². The van der Waals surface area contributed by atoms with Crippen molar-refractivity contribution in [3.63, 3.8) is 0 Å². The van der Waals surface area contributed by atoms with Crippen LogP contribution in [0.4, 0.5) is 0 Å². The van der Waals surface area contributed by atoms with Gasteiger partial charge in [-0.15, -0.1) is 0 Å². The Hall–Kier alpha value is -1.59. The summed E-state index contributed by atoms with van der Waals surface area (Å²) in [4.78, 5) is 15.1. The number of phenolic OH excluding ortho intramolecular Hbond substituents is 1. The lowest BCUT2D eigenvalue weighted by atomic mass is 9.87. The van der Waals surface area contributed by atoms with Crippen molar-refractivity contribution < 1.29 is 19.7 Å². The molecular weight excluding hydrogens is 306 g/mol. The minimum atomic E-state index is -0.687. The summed E-state index contributed by atoms with van der Waals surface area (Å²) in [7, 11) is 0. The number of nitrogens with zero attached hydrogens (tertiary/aromatic N) is 1. The molecule has 2 aliphatic heterocycles. The number of aromatic hydroxyl groups is 1. The lowest BCUT2D eigenvalue weighted by Crippen LogP contribution is -2.49. The van der Waals surface area contributed by atoms with E-state index < -0.39 is 11.1 Å². The van der Waals surface area contributed by atoms with Gasteiger partial charge in [-0.2, -0.15) is 0 Å². The number of carbonyl (C=O) groups excluding carboxylic acids is 1. The fraction of sp³-hybridized carbons (Fsp3) is 0.632. The van der Waals surface area contributed by atoms with Gasteiger partial charge in [0.2, 0.25) is 0 Å². The van der Waals surface area contributed by atoms with Crippen LogP contribution < -0.4 is 0 Å². The topological polar surface area (TPSA) is 70.0 Å². The van der Waals surface area contributed by atoms with Gasteiger partial charge < -0.3 is 14.9 Å². The number of phenols is 1. The highest BCUT2D eigenvalue weighted by Crippen LogP contribution is 2.53. The summed E-state index contributed by atoms with van der Waals surface area (Å²) < 4.78 is 5.71. The van der Waals surface area contributed by atoms with Gasteiger partial charge in [0.05, 0.1) is 0 Å². The maximum atomic E-state index is 13.0. The van der Waals surface area contributed by atoms with Crippen LogP contribution in [-0.2, 0) is 9.53 Å². The van der Waals surface area contributed by atoms with Crippen molar-refractivity contribution >= 4 is 5.97 Å². The van der Waals surface area contributed by atoms with Crippen molar-refractivity contribution in [2.24, 2.45) is 5.92 Å². The molecule has 2 N–H and O–H groups in total. The molecule has 2 aliphatic rings. The van der Waals surface area contributed by atoms with Crippen molar-refractivity contribution in [2.45, 2.75) is 57.2 Å². The van der Waals surface area contributed by atoms with Crippen LogP contribution in [0.25, 0.3) is 0 Å². The fourth-order valence-electron chi connectivity index (χ4n) is 4.32.